The zero-order chi connectivity index (χ0) is 13.8. The largest absolute Gasteiger partial charge is 0.492 e. The molecule has 0 saturated heterocycles. The van der Waals surface area contributed by atoms with Crippen LogP contribution in [0.3, 0.4) is 0 Å². The normalized spacial score (nSPS) is 22.4. The van der Waals surface area contributed by atoms with Crippen molar-refractivity contribution in [3.8, 4) is 5.75 Å². The molecule has 0 heterocycles. The van der Waals surface area contributed by atoms with Crippen LogP contribution >= 0.6 is 15.9 Å². The minimum absolute atomic E-state index is 0.414. The highest BCUT2D eigenvalue weighted by Crippen LogP contribution is 2.32. The summed E-state index contributed by atoms with van der Waals surface area (Å²) in [5, 5.41) is 0. The zero-order valence-electron chi connectivity index (χ0n) is 10.8. The van der Waals surface area contributed by atoms with E-state index in [9.17, 15) is 4.79 Å². The van der Waals surface area contributed by atoms with Crippen LogP contribution in [0.5, 0.6) is 5.75 Å². The van der Waals surface area contributed by atoms with Gasteiger partial charge in [-0.05, 0) is 49.4 Å². The first-order valence-corrected chi connectivity index (χ1v) is 7.33. The summed E-state index contributed by atoms with van der Waals surface area (Å²) in [5.41, 5.74) is 11.5. The van der Waals surface area contributed by atoms with Gasteiger partial charge in [-0.2, -0.15) is 0 Å². The molecule has 0 aliphatic heterocycles. The maximum Gasteiger partial charge on any atom is 0.252 e. The van der Waals surface area contributed by atoms with Crippen molar-refractivity contribution in [1.82, 2.24) is 0 Å². The maximum absolute atomic E-state index is 11.4. The summed E-state index contributed by atoms with van der Waals surface area (Å²) in [5.74, 6) is 1.10. The highest BCUT2D eigenvalue weighted by atomic mass is 79.9. The third-order valence-electron chi connectivity index (χ3n) is 3.78. The highest BCUT2D eigenvalue weighted by Gasteiger charge is 2.26. The summed E-state index contributed by atoms with van der Waals surface area (Å²) < 4.78 is 6.61. The van der Waals surface area contributed by atoms with Gasteiger partial charge in [-0.25, -0.2) is 0 Å². The molecular weight excluding hydrogens is 308 g/mol. The number of benzene rings is 1. The SMILES string of the molecule is NCC1CCCC1COc1ccc(Br)cc1C(N)=O. The Morgan fingerprint density at radius 3 is 2.79 bits per heavy atom. The molecule has 104 valence electrons. The lowest BCUT2D eigenvalue weighted by atomic mass is 9.97. The molecule has 1 amide bonds. The van der Waals surface area contributed by atoms with E-state index in [2.05, 4.69) is 15.9 Å². The predicted octanol–water partition coefficient (Wildman–Crippen LogP) is 2.30. The smallest absolute Gasteiger partial charge is 0.252 e. The van der Waals surface area contributed by atoms with E-state index in [1.807, 2.05) is 6.07 Å². The van der Waals surface area contributed by atoms with Gasteiger partial charge >= 0.3 is 0 Å². The van der Waals surface area contributed by atoms with Gasteiger partial charge in [0.25, 0.3) is 5.91 Å². The van der Waals surface area contributed by atoms with E-state index in [4.69, 9.17) is 16.2 Å². The first-order valence-electron chi connectivity index (χ1n) is 6.54. The van der Waals surface area contributed by atoms with Crippen LogP contribution in [0.4, 0.5) is 0 Å². The molecule has 0 radical (unpaired) electrons. The third-order valence-corrected chi connectivity index (χ3v) is 4.27. The standard InChI is InChI=1S/C14H19BrN2O2/c15-11-4-5-13(12(6-11)14(17)18)19-8-10-3-1-2-9(10)7-16/h4-6,9-10H,1-3,7-8,16H2,(H2,17,18). The Morgan fingerprint density at radius 1 is 1.37 bits per heavy atom. The predicted molar refractivity (Wildman–Crippen MR) is 78.0 cm³/mol. The minimum atomic E-state index is -0.474. The molecule has 2 unspecified atom stereocenters. The lowest BCUT2D eigenvalue weighted by Gasteiger charge is -2.19. The minimum Gasteiger partial charge on any atom is -0.492 e. The molecule has 1 aliphatic carbocycles. The fraction of sp³-hybridized carbons (Fsp3) is 0.500. The lowest BCUT2D eigenvalue weighted by molar-refractivity contribution is 0.0994. The van der Waals surface area contributed by atoms with Gasteiger partial charge in [0.1, 0.15) is 5.75 Å². The number of primary amides is 1. The number of hydrogen-bond acceptors (Lipinski definition) is 3. The number of hydrogen-bond donors (Lipinski definition) is 2. The lowest BCUT2D eigenvalue weighted by Crippen LogP contribution is -2.24. The summed E-state index contributed by atoms with van der Waals surface area (Å²) in [7, 11) is 0. The molecule has 1 aliphatic rings. The van der Waals surface area contributed by atoms with Gasteiger partial charge in [-0.3, -0.25) is 4.79 Å². The van der Waals surface area contributed by atoms with Crippen LogP contribution in [-0.4, -0.2) is 19.1 Å². The molecule has 0 aromatic heterocycles. The average Bonchev–Trinajstić information content (AvgIpc) is 2.84. The van der Waals surface area contributed by atoms with Gasteiger partial charge < -0.3 is 16.2 Å². The fourth-order valence-electron chi connectivity index (χ4n) is 2.66. The molecule has 2 rings (SSSR count). The van der Waals surface area contributed by atoms with E-state index in [0.29, 0.717) is 36.3 Å². The van der Waals surface area contributed by atoms with Crippen molar-refractivity contribution in [2.24, 2.45) is 23.3 Å². The first kappa shape index (κ1) is 14.3. The Labute approximate surface area is 121 Å². The molecule has 1 aromatic rings. The Morgan fingerprint density at radius 2 is 2.11 bits per heavy atom. The van der Waals surface area contributed by atoms with Crippen molar-refractivity contribution in [1.29, 1.82) is 0 Å². The number of halogens is 1. The van der Waals surface area contributed by atoms with Crippen molar-refractivity contribution >= 4 is 21.8 Å². The van der Waals surface area contributed by atoms with E-state index >= 15 is 0 Å². The number of carbonyl (C=O) groups is 1. The maximum atomic E-state index is 11.4. The van der Waals surface area contributed by atoms with E-state index < -0.39 is 5.91 Å². The van der Waals surface area contributed by atoms with E-state index in [0.717, 1.165) is 10.9 Å². The third kappa shape index (κ3) is 3.48. The number of carbonyl (C=O) groups excluding carboxylic acids is 1. The number of amides is 1. The molecular formula is C14H19BrN2O2. The second-order valence-electron chi connectivity index (χ2n) is 5.00. The zero-order valence-corrected chi connectivity index (χ0v) is 12.4. The van der Waals surface area contributed by atoms with E-state index in [1.165, 1.54) is 12.8 Å². The van der Waals surface area contributed by atoms with Crippen LogP contribution in [-0.2, 0) is 0 Å². The van der Waals surface area contributed by atoms with Crippen molar-refractivity contribution in [2.75, 3.05) is 13.2 Å². The topological polar surface area (TPSA) is 78.3 Å². The second-order valence-corrected chi connectivity index (χ2v) is 5.92. The Balaban J connectivity index is 2.05. The van der Waals surface area contributed by atoms with Gasteiger partial charge in [-0.1, -0.05) is 22.4 Å². The number of nitrogens with two attached hydrogens (primary N) is 2. The summed E-state index contributed by atoms with van der Waals surface area (Å²) in [6.07, 6.45) is 3.52. The summed E-state index contributed by atoms with van der Waals surface area (Å²) in [4.78, 5) is 11.4. The van der Waals surface area contributed by atoms with Crippen LogP contribution in [0.25, 0.3) is 0 Å². The van der Waals surface area contributed by atoms with E-state index in [1.54, 1.807) is 12.1 Å². The monoisotopic (exact) mass is 326 g/mol. The van der Waals surface area contributed by atoms with Crippen molar-refractivity contribution < 1.29 is 9.53 Å². The van der Waals surface area contributed by atoms with Crippen molar-refractivity contribution in [3.05, 3.63) is 28.2 Å². The number of ether oxygens (including phenoxy) is 1. The van der Waals surface area contributed by atoms with Gasteiger partial charge in [-0.15, -0.1) is 0 Å². The van der Waals surface area contributed by atoms with Gasteiger partial charge in [0.2, 0.25) is 0 Å². The average molecular weight is 327 g/mol. The van der Waals surface area contributed by atoms with Gasteiger partial charge in [0, 0.05) is 4.47 Å². The molecule has 4 nitrogen and oxygen atoms in total. The molecule has 0 spiro atoms. The molecule has 1 saturated carbocycles. The summed E-state index contributed by atoms with van der Waals surface area (Å²) in [6.45, 7) is 1.31. The Kier molecular flexibility index (Phi) is 4.82. The molecule has 2 atom stereocenters. The van der Waals surface area contributed by atoms with Crippen LogP contribution in [0, 0.1) is 11.8 Å². The molecule has 1 aromatic carbocycles. The van der Waals surface area contributed by atoms with Crippen LogP contribution < -0.4 is 16.2 Å². The van der Waals surface area contributed by atoms with Gasteiger partial charge in [0.15, 0.2) is 0 Å². The quantitative estimate of drug-likeness (QED) is 0.871. The molecule has 0 bridgehead atoms. The molecule has 4 N–H and O–H groups in total. The second kappa shape index (κ2) is 6.39. The van der Waals surface area contributed by atoms with Crippen molar-refractivity contribution in [3.63, 3.8) is 0 Å². The molecule has 1 fully saturated rings. The van der Waals surface area contributed by atoms with E-state index in [-0.39, 0.29) is 0 Å². The highest BCUT2D eigenvalue weighted by molar-refractivity contribution is 9.10. The summed E-state index contributed by atoms with van der Waals surface area (Å²) >= 11 is 3.32. The first-order chi connectivity index (χ1) is 9.11. The summed E-state index contributed by atoms with van der Waals surface area (Å²) in [6, 6.07) is 5.31. The van der Waals surface area contributed by atoms with Crippen LogP contribution in [0.15, 0.2) is 22.7 Å². The fourth-order valence-corrected chi connectivity index (χ4v) is 3.02. The number of rotatable bonds is 5. The Hall–Kier alpha value is -1.07. The Bertz CT molecular complexity index is 465. The molecule has 19 heavy (non-hydrogen) atoms. The van der Waals surface area contributed by atoms with Crippen LogP contribution in [0.2, 0.25) is 0 Å². The van der Waals surface area contributed by atoms with Crippen LogP contribution in [0.1, 0.15) is 29.6 Å². The van der Waals surface area contributed by atoms with Gasteiger partial charge in [0.05, 0.1) is 12.2 Å². The van der Waals surface area contributed by atoms with Crippen molar-refractivity contribution in [2.45, 2.75) is 19.3 Å². The molecule has 5 heteroatoms.